The van der Waals surface area contributed by atoms with Crippen LogP contribution in [0, 0.1) is 27.7 Å². The number of para-hydroxylation sites is 1. The van der Waals surface area contributed by atoms with Crippen LogP contribution in [0.3, 0.4) is 0 Å². The van der Waals surface area contributed by atoms with E-state index in [9.17, 15) is 9.59 Å². The van der Waals surface area contributed by atoms with E-state index in [1.807, 2.05) is 64.1 Å². The number of hydrogen-bond acceptors (Lipinski definition) is 3. The third kappa shape index (κ3) is 4.26. The zero-order chi connectivity index (χ0) is 20.3. The first-order chi connectivity index (χ1) is 13.3. The van der Waals surface area contributed by atoms with Gasteiger partial charge in [-0.25, -0.2) is 0 Å². The van der Waals surface area contributed by atoms with Crippen molar-refractivity contribution in [3.8, 4) is 0 Å². The molecule has 0 atom stereocenters. The second-order valence-corrected chi connectivity index (χ2v) is 6.92. The summed E-state index contributed by atoms with van der Waals surface area (Å²) in [6.45, 7) is 7.77. The average molecular weight is 373 g/mol. The standard InChI is InChI=1S/C23H23N3O2/c1-14-8-9-15(2)19(12-14)25-22(27)18-10-11-24-20(13-18)23(28)26-21-16(3)6-5-7-17(21)4/h5-13H,1-4H3,(H,25,27)(H,26,28). The minimum absolute atomic E-state index is 0.191. The van der Waals surface area contributed by atoms with E-state index in [0.29, 0.717) is 5.56 Å². The molecule has 0 spiro atoms. The van der Waals surface area contributed by atoms with E-state index in [2.05, 4.69) is 15.6 Å². The molecule has 0 aliphatic rings. The van der Waals surface area contributed by atoms with Crippen LogP contribution in [-0.2, 0) is 0 Å². The first-order valence-corrected chi connectivity index (χ1v) is 9.07. The van der Waals surface area contributed by atoms with E-state index in [1.165, 1.54) is 12.3 Å². The molecule has 0 radical (unpaired) electrons. The maximum Gasteiger partial charge on any atom is 0.274 e. The normalized spacial score (nSPS) is 10.4. The van der Waals surface area contributed by atoms with E-state index < -0.39 is 0 Å². The van der Waals surface area contributed by atoms with Crippen molar-refractivity contribution in [2.24, 2.45) is 0 Å². The van der Waals surface area contributed by atoms with Crippen LogP contribution < -0.4 is 10.6 Å². The summed E-state index contributed by atoms with van der Waals surface area (Å²) in [5.41, 5.74) is 6.06. The lowest BCUT2D eigenvalue weighted by Crippen LogP contribution is -2.18. The van der Waals surface area contributed by atoms with E-state index >= 15 is 0 Å². The molecule has 5 heteroatoms. The van der Waals surface area contributed by atoms with Gasteiger partial charge in [-0.2, -0.15) is 0 Å². The topological polar surface area (TPSA) is 71.1 Å². The Bertz CT molecular complexity index is 1040. The van der Waals surface area contributed by atoms with Crippen molar-refractivity contribution in [1.82, 2.24) is 4.98 Å². The van der Waals surface area contributed by atoms with Gasteiger partial charge in [0.15, 0.2) is 0 Å². The summed E-state index contributed by atoms with van der Waals surface area (Å²) in [6, 6.07) is 14.8. The van der Waals surface area contributed by atoms with E-state index in [-0.39, 0.29) is 17.5 Å². The summed E-state index contributed by atoms with van der Waals surface area (Å²) in [7, 11) is 0. The van der Waals surface area contributed by atoms with E-state index in [0.717, 1.165) is 33.6 Å². The lowest BCUT2D eigenvalue weighted by atomic mass is 10.1. The van der Waals surface area contributed by atoms with Crippen LogP contribution in [-0.4, -0.2) is 16.8 Å². The van der Waals surface area contributed by atoms with Crippen molar-refractivity contribution in [2.45, 2.75) is 27.7 Å². The Morgan fingerprint density at radius 2 is 1.50 bits per heavy atom. The quantitative estimate of drug-likeness (QED) is 0.689. The Balaban J connectivity index is 1.80. The van der Waals surface area contributed by atoms with Gasteiger partial charge in [-0.05, 0) is 68.1 Å². The summed E-state index contributed by atoms with van der Waals surface area (Å²) in [6.07, 6.45) is 1.47. The molecule has 0 saturated carbocycles. The van der Waals surface area contributed by atoms with Gasteiger partial charge < -0.3 is 10.6 Å². The Kier molecular flexibility index (Phi) is 5.54. The predicted molar refractivity (Wildman–Crippen MR) is 112 cm³/mol. The molecular weight excluding hydrogens is 350 g/mol. The maximum absolute atomic E-state index is 12.6. The molecule has 3 aromatic rings. The Labute approximate surface area is 164 Å². The van der Waals surface area contributed by atoms with Crippen LogP contribution in [0.25, 0.3) is 0 Å². The van der Waals surface area contributed by atoms with Gasteiger partial charge in [-0.3, -0.25) is 14.6 Å². The van der Waals surface area contributed by atoms with Gasteiger partial charge in [-0.15, -0.1) is 0 Å². The van der Waals surface area contributed by atoms with Crippen LogP contribution in [0.1, 0.15) is 43.1 Å². The molecule has 28 heavy (non-hydrogen) atoms. The van der Waals surface area contributed by atoms with Gasteiger partial charge >= 0.3 is 0 Å². The number of amides is 2. The number of hydrogen-bond donors (Lipinski definition) is 2. The van der Waals surface area contributed by atoms with E-state index in [4.69, 9.17) is 0 Å². The third-order valence-electron chi connectivity index (χ3n) is 4.62. The van der Waals surface area contributed by atoms with Gasteiger partial charge in [-0.1, -0.05) is 30.3 Å². The lowest BCUT2D eigenvalue weighted by molar-refractivity contribution is 0.102. The fourth-order valence-electron chi connectivity index (χ4n) is 2.95. The average Bonchev–Trinajstić information content (AvgIpc) is 2.67. The monoisotopic (exact) mass is 373 g/mol. The number of nitrogens with one attached hydrogen (secondary N) is 2. The summed E-state index contributed by atoms with van der Waals surface area (Å²) >= 11 is 0. The molecule has 142 valence electrons. The van der Waals surface area contributed by atoms with Gasteiger partial charge in [0, 0.05) is 23.1 Å². The molecule has 3 rings (SSSR count). The maximum atomic E-state index is 12.6. The molecule has 2 aromatic carbocycles. The number of aromatic nitrogens is 1. The number of anilines is 2. The number of benzene rings is 2. The molecule has 1 heterocycles. The second-order valence-electron chi connectivity index (χ2n) is 6.92. The molecule has 0 fully saturated rings. The van der Waals surface area contributed by atoms with Crippen molar-refractivity contribution in [1.29, 1.82) is 0 Å². The molecule has 2 N–H and O–H groups in total. The van der Waals surface area contributed by atoms with E-state index in [1.54, 1.807) is 6.07 Å². The van der Waals surface area contributed by atoms with Crippen LogP contribution in [0.2, 0.25) is 0 Å². The van der Waals surface area contributed by atoms with Crippen LogP contribution >= 0.6 is 0 Å². The lowest BCUT2D eigenvalue weighted by Gasteiger charge is -2.12. The molecule has 5 nitrogen and oxygen atoms in total. The fourth-order valence-corrected chi connectivity index (χ4v) is 2.95. The summed E-state index contributed by atoms with van der Waals surface area (Å²) in [5, 5.41) is 5.80. The largest absolute Gasteiger partial charge is 0.322 e. The number of aryl methyl sites for hydroxylation is 4. The highest BCUT2D eigenvalue weighted by Crippen LogP contribution is 2.21. The zero-order valence-electron chi connectivity index (χ0n) is 16.5. The summed E-state index contributed by atoms with van der Waals surface area (Å²) < 4.78 is 0. The van der Waals surface area contributed by atoms with Crippen molar-refractivity contribution in [3.63, 3.8) is 0 Å². The first kappa shape index (κ1) is 19.3. The minimum atomic E-state index is -0.348. The number of rotatable bonds is 4. The predicted octanol–water partition coefficient (Wildman–Crippen LogP) is 4.82. The Morgan fingerprint density at radius 1 is 0.786 bits per heavy atom. The van der Waals surface area contributed by atoms with Gasteiger partial charge in [0.1, 0.15) is 5.69 Å². The van der Waals surface area contributed by atoms with Crippen LogP contribution in [0.4, 0.5) is 11.4 Å². The SMILES string of the molecule is Cc1ccc(C)c(NC(=O)c2ccnc(C(=O)Nc3c(C)cccc3C)c2)c1. The summed E-state index contributed by atoms with van der Waals surface area (Å²) in [5.74, 6) is -0.629. The van der Waals surface area contributed by atoms with Gasteiger partial charge in [0.25, 0.3) is 11.8 Å². The smallest absolute Gasteiger partial charge is 0.274 e. The molecule has 0 saturated heterocycles. The summed E-state index contributed by atoms with van der Waals surface area (Å²) in [4.78, 5) is 29.4. The Morgan fingerprint density at radius 3 is 2.21 bits per heavy atom. The zero-order valence-corrected chi connectivity index (χ0v) is 16.5. The second kappa shape index (κ2) is 8.05. The van der Waals surface area contributed by atoms with Gasteiger partial charge in [0.2, 0.25) is 0 Å². The fraction of sp³-hybridized carbons (Fsp3) is 0.174. The van der Waals surface area contributed by atoms with Crippen molar-refractivity contribution < 1.29 is 9.59 Å². The molecule has 0 unspecified atom stereocenters. The first-order valence-electron chi connectivity index (χ1n) is 9.07. The van der Waals surface area contributed by atoms with Crippen LogP contribution in [0.5, 0.6) is 0 Å². The van der Waals surface area contributed by atoms with Crippen LogP contribution in [0.15, 0.2) is 54.7 Å². The van der Waals surface area contributed by atoms with Crippen molar-refractivity contribution in [2.75, 3.05) is 10.6 Å². The van der Waals surface area contributed by atoms with Gasteiger partial charge in [0.05, 0.1) is 0 Å². The minimum Gasteiger partial charge on any atom is -0.322 e. The molecular formula is C23H23N3O2. The molecule has 0 aliphatic heterocycles. The number of carbonyl (C=O) groups is 2. The molecule has 2 amide bonds. The molecule has 0 aliphatic carbocycles. The number of pyridine rings is 1. The highest BCUT2D eigenvalue weighted by Gasteiger charge is 2.14. The number of carbonyl (C=O) groups excluding carboxylic acids is 2. The van der Waals surface area contributed by atoms with Crippen molar-refractivity contribution >= 4 is 23.2 Å². The highest BCUT2D eigenvalue weighted by molar-refractivity contribution is 6.08. The molecule has 1 aromatic heterocycles. The third-order valence-corrected chi connectivity index (χ3v) is 4.62. The number of nitrogens with zero attached hydrogens (tertiary/aromatic N) is 1. The Hall–Kier alpha value is -3.47. The van der Waals surface area contributed by atoms with Crippen molar-refractivity contribution in [3.05, 3.63) is 88.2 Å². The highest BCUT2D eigenvalue weighted by atomic mass is 16.2. The molecule has 0 bridgehead atoms.